The number of hydrogen-bond acceptors (Lipinski definition) is 3. The van der Waals surface area contributed by atoms with E-state index in [0.29, 0.717) is 16.3 Å². The van der Waals surface area contributed by atoms with E-state index in [1.807, 2.05) is 6.92 Å². The second kappa shape index (κ2) is 9.91. The van der Waals surface area contributed by atoms with E-state index in [2.05, 4.69) is 0 Å². The van der Waals surface area contributed by atoms with E-state index < -0.39 is 5.82 Å². The molecule has 0 unspecified atom stereocenters. The highest BCUT2D eigenvalue weighted by Crippen LogP contribution is 2.29. The Bertz CT molecular complexity index is 1050. The average Bonchev–Trinajstić information content (AvgIpc) is 3.21. The van der Waals surface area contributed by atoms with Gasteiger partial charge in [-0.05, 0) is 61.7 Å². The van der Waals surface area contributed by atoms with Crippen LogP contribution in [0.25, 0.3) is 0 Å². The molecule has 1 heterocycles. The first-order valence-electron chi connectivity index (χ1n) is 11.2. The Morgan fingerprint density at radius 2 is 1.79 bits per heavy atom. The van der Waals surface area contributed by atoms with E-state index in [9.17, 15) is 18.8 Å². The molecule has 33 heavy (non-hydrogen) atoms. The molecule has 0 atom stereocenters. The number of rotatable bonds is 5. The Hall–Kier alpha value is -2.93. The Labute approximate surface area is 197 Å². The van der Waals surface area contributed by atoms with Crippen molar-refractivity contribution in [3.8, 4) is 0 Å². The maximum Gasteiger partial charge on any atom is 0.254 e. The lowest BCUT2D eigenvalue weighted by molar-refractivity contribution is -0.132. The van der Waals surface area contributed by atoms with E-state index in [-0.39, 0.29) is 43.5 Å². The van der Waals surface area contributed by atoms with Crippen molar-refractivity contribution in [3.05, 3.63) is 64.4 Å². The lowest BCUT2D eigenvalue weighted by Gasteiger charge is -2.35. The average molecular weight is 472 g/mol. The molecule has 1 aliphatic carbocycles. The van der Waals surface area contributed by atoms with Crippen LogP contribution in [0.4, 0.5) is 10.1 Å². The highest BCUT2D eigenvalue weighted by Gasteiger charge is 2.35. The lowest BCUT2D eigenvalue weighted by Crippen LogP contribution is -2.48. The van der Waals surface area contributed by atoms with Gasteiger partial charge in [-0.1, -0.05) is 36.9 Å². The summed E-state index contributed by atoms with van der Waals surface area (Å²) >= 11 is 6.21. The topological polar surface area (TPSA) is 60.9 Å². The fourth-order valence-electron chi connectivity index (χ4n) is 4.58. The third-order valence-corrected chi connectivity index (χ3v) is 6.90. The number of benzene rings is 2. The zero-order valence-electron chi connectivity index (χ0n) is 18.6. The van der Waals surface area contributed by atoms with Gasteiger partial charge in [-0.25, -0.2) is 4.39 Å². The van der Waals surface area contributed by atoms with Gasteiger partial charge in [0.2, 0.25) is 11.8 Å². The summed E-state index contributed by atoms with van der Waals surface area (Å²) in [6, 6.07) is 10.7. The van der Waals surface area contributed by atoms with E-state index >= 15 is 0 Å². The Kier molecular flexibility index (Phi) is 6.98. The number of carbonyl (C=O) groups excluding carboxylic acids is 3. The first kappa shape index (κ1) is 23.2. The van der Waals surface area contributed by atoms with E-state index in [1.54, 1.807) is 28.0 Å². The summed E-state index contributed by atoms with van der Waals surface area (Å²) in [5, 5.41) is 0.554. The van der Waals surface area contributed by atoms with Gasteiger partial charge in [0.05, 0.1) is 0 Å². The number of halogens is 2. The minimum atomic E-state index is -0.418. The zero-order valence-corrected chi connectivity index (χ0v) is 19.4. The second-order valence-electron chi connectivity index (χ2n) is 8.67. The molecule has 2 fully saturated rings. The van der Waals surface area contributed by atoms with Crippen LogP contribution in [0.5, 0.6) is 0 Å². The molecule has 0 spiro atoms. The first-order valence-corrected chi connectivity index (χ1v) is 11.6. The molecule has 2 aliphatic rings. The standard InChI is InChI=1S/C25H27ClFN3O3/c1-17-21(26)8-5-9-22(17)30-16-28(14-24(30)32)23(31)15-29(20-6-3-2-4-7-20)25(33)18-10-12-19(27)13-11-18/h5,8-13,20H,2-4,6-7,14-16H2,1H3. The van der Waals surface area contributed by atoms with Crippen molar-refractivity contribution in [2.45, 2.75) is 45.1 Å². The molecule has 8 heteroatoms. The van der Waals surface area contributed by atoms with Crippen molar-refractivity contribution >= 4 is 35.0 Å². The molecule has 0 N–H and O–H groups in total. The van der Waals surface area contributed by atoms with Crippen LogP contribution >= 0.6 is 11.6 Å². The monoisotopic (exact) mass is 471 g/mol. The molecule has 3 amide bonds. The molecule has 0 bridgehead atoms. The summed E-state index contributed by atoms with van der Waals surface area (Å²) in [7, 11) is 0. The maximum absolute atomic E-state index is 13.4. The van der Waals surface area contributed by atoms with Crippen LogP contribution < -0.4 is 4.90 Å². The molecule has 1 saturated heterocycles. The number of hydrogen-bond donors (Lipinski definition) is 0. The fraction of sp³-hybridized carbons (Fsp3) is 0.400. The summed E-state index contributed by atoms with van der Waals surface area (Å²) in [6.07, 6.45) is 4.75. The zero-order chi connectivity index (χ0) is 23.5. The van der Waals surface area contributed by atoms with Crippen LogP contribution in [0, 0.1) is 12.7 Å². The van der Waals surface area contributed by atoms with Crippen molar-refractivity contribution in [3.63, 3.8) is 0 Å². The van der Waals surface area contributed by atoms with Crippen molar-refractivity contribution in [2.75, 3.05) is 24.7 Å². The van der Waals surface area contributed by atoms with Gasteiger partial charge >= 0.3 is 0 Å². The molecule has 4 rings (SSSR count). The van der Waals surface area contributed by atoms with Crippen LogP contribution in [0.3, 0.4) is 0 Å². The van der Waals surface area contributed by atoms with Gasteiger partial charge in [-0.3, -0.25) is 19.3 Å². The summed E-state index contributed by atoms with van der Waals surface area (Å²) in [4.78, 5) is 43.8. The van der Waals surface area contributed by atoms with Crippen LogP contribution in [-0.2, 0) is 9.59 Å². The summed E-state index contributed by atoms with van der Waals surface area (Å²) in [5.41, 5.74) is 1.80. The molecular formula is C25H27ClFN3O3. The summed E-state index contributed by atoms with van der Waals surface area (Å²) < 4.78 is 13.4. The third-order valence-electron chi connectivity index (χ3n) is 6.50. The molecule has 6 nitrogen and oxygen atoms in total. The normalized spacial score (nSPS) is 16.9. The van der Waals surface area contributed by atoms with Crippen LogP contribution in [-0.4, -0.2) is 53.3 Å². The van der Waals surface area contributed by atoms with Gasteiger partial charge in [0.15, 0.2) is 0 Å². The largest absolute Gasteiger partial charge is 0.326 e. The molecular weight excluding hydrogens is 445 g/mol. The van der Waals surface area contributed by atoms with Gasteiger partial charge in [0.1, 0.15) is 25.6 Å². The summed E-state index contributed by atoms with van der Waals surface area (Å²) in [6.45, 7) is 1.79. The minimum Gasteiger partial charge on any atom is -0.326 e. The Balaban J connectivity index is 1.52. The molecule has 2 aromatic rings. The molecule has 2 aromatic carbocycles. The van der Waals surface area contributed by atoms with Crippen LogP contribution in [0.1, 0.15) is 48.0 Å². The number of carbonyl (C=O) groups is 3. The second-order valence-corrected chi connectivity index (χ2v) is 9.08. The van der Waals surface area contributed by atoms with Crippen LogP contribution in [0.2, 0.25) is 5.02 Å². The number of amides is 3. The summed E-state index contributed by atoms with van der Waals surface area (Å²) in [5.74, 6) is -1.18. The van der Waals surface area contributed by atoms with E-state index in [0.717, 1.165) is 37.7 Å². The van der Waals surface area contributed by atoms with Crippen LogP contribution in [0.15, 0.2) is 42.5 Å². The molecule has 0 aromatic heterocycles. The fourth-order valence-corrected chi connectivity index (χ4v) is 4.75. The molecule has 1 saturated carbocycles. The van der Waals surface area contributed by atoms with Crippen molar-refractivity contribution in [2.24, 2.45) is 0 Å². The SMILES string of the molecule is Cc1c(Cl)cccc1N1CN(C(=O)CN(C(=O)c2ccc(F)cc2)C2CCCCC2)CC1=O. The van der Waals surface area contributed by atoms with Gasteiger partial charge < -0.3 is 9.80 Å². The van der Waals surface area contributed by atoms with E-state index in [4.69, 9.17) is 11.6 Å². The number of nitrogens with zero attached hydrogens (tertiary/aromatic N) is 3. The van der Waals surface area contributed by atoms with Crippen molar-refractivity contribution in [1.29, 1.82) is 0 Å². The predicted octanol–water partition coefficient (Wildman–Crippen LogP) is 4.40. The first-order chi connectivity index (χ1) is 15.8. The molecule has 1 aliphatic heterocycles. The van der Waals surface area contributed by atoms with Crippen molar-refractivity contribution in [1.82, 2.24) is 9.80 Å². The maximum atomic E-state index is 13.4. The predicted molar refractivity (Wildman–Crippen MR) is 125 cm³/mol. The van der Waals surface area contributed by atoms with Gasteiger partial charge in [-0.2, -0.15) is 0 Å². The smallest absolute Gasteiger partial charge is 0.254 e. The highest BCUT2D eigenvalue weighted by molar-refractivity contribution is 6.31. The van der Waals surface area contributed by atoms with Gasteiger partial charge in [0, 0.05) is 22.3 Å². The minimum absolute atomic E-state index is 0.0476. The Morgan fingerprint density at radius 1 is 1.09 bits per heavy atom. The molecule has 174 valence electrons. The lowest BCUT2D eigenvalue weighted by atomic mass is 9.93. The number of anilines is 1. The van der Waals surface area contributed by atoms with Gasteiger partial charge in [-0.15, -0.1) is 0 Å². The van der Waals surface area contributed by atoms with E-state index in [1.165, 1.54) is 29.2 Å². The van der Waals surface area contributed by atoms with Crippen molar-refractivity contribution < 1.29 is 18.8 Å². The third kappa shape index (κ3) is 5.03. The quantitative estimate of drug-likeness (QED) is 0.649. The Morgan fingerprint density at radius 3 is 2.48 bits per heavy atom. The van der Waals surface area contributed by atoms with Gasteiger partial charge in [0.25, 0.3) is 5.91 Å². The molecule has 0 radical (unpaired) electrons. The highest BCUT2D eigenvalue weighted by atomic mass is 35.5.